The minimum atomic E-state index is -1.83. The topological polar surface area (TPSA) is 105 Å². The SMILES string of the molecule is CCc1cc2c(NCc3ccc(OC)c(Cl)c3)nc(C3CCCCC3)nc2s1.O=C(O)O. The first-order chi connectivity index (χ1) is 15.4. The van der Waals surface area contributed by atoms with Gasteiger partial charge in [-0.3, -0.25) is 0 Å². The molecule has 0 unspecified atom stereocenters. The Hall–Kier alpha value is -2.58. The number of hydrogen-bond acceptors (Lipinski definition) is 6. The summed E-state index contributed by atoms with van der Waals surface area (Å²) < 4.78 is 5.25. The molecule has 0 aliphatic heterocycles. The van der Waals surface area contributed by atoms with E-state index in [0.717, 1.165) is 33.8 Å². The van der Waals surface area contributed by atoms with Gasteiger partial charge in [0.2, 0.25) is 0 Å². The number of halogens is 1. The third-order valence-electron chi connectivity index (χ3n) is 5.46. The average Bonchev–Trinajstić information content (AvgIpc) is 3.21. The molecule has 172 valence electrons. The predicted octanol–water partition coefficient (Wildman–Crippen LogP) is 6.80. The van der Waals surface area contributed by atoms with Gasteiger partial charge in [0.1, 0.15) is 22.2 Å². The maximum Gasteiger partial charge on any atom is 0.503 e. The van der Waals surface area contributed by atoms with Crippen LogP contribution in [0, 0.1) is 0 Å². The predicted molar refractivity (Wildman–Crippen MR) is 129 cm³/mol. The third kappa shape index (κ3) is 6.23. The summed E-state index contributed by atoms with van der Waals surface area (Å²) in [6, 6.07) is 8.11. The lowest BCUT2D eigenvalue weighted by atomic mass is 9.88. The van der Waals surface area contributed by atoms with Crippen LogP contribution in [0.25, 0.3) is 10.2 Å². The maximum atomic E-state index is 8.56. The minimum Gasteiger partial charge on any atom is -0.495 e. The summed E-state index contributed by atoms with van der Waals surface area (Å²) in [7, 11) is 1.63. The Morgan fingerprint density at radius 1 is 1.22 bits per heavy atom. The van der Waals surface area contributed by atoms with Crippen molar-refractivity contribution in [2.75, 3.05) is 12.4 Å². The van der Waals surface area contributed by atoms with Crippen LogP contribution in [0.15, 0.2) is 24.3 Å². The molecule has 2 aromatic heterocycles. The summed E-state index contributed by atoms with van der Waals surface area (Å²) in [6.07, 6.45) is 5.48. The molecule has 3 aromatic rings. The first kappa shape index (κ1) is 24.1. The van der Waals surface area contributed by atoms with E-state index in [9.17, 15) is 0 Å². The van der Waals surface area contributed by atoms with Crippen LogP contribution in [0.5, 0.6) is 5.75 Å². The second-order valence-electron chi connectivity index (χ2n) is 7.66. The molecule has 0 bridgehead atoms. The van der Waals surface area contributed by atoms with Crippen molar-refractivity contribution in [3.63, 3.8) is 0 Å². The van der Waals surface area contributed by atoms with Crippen molar-refractivity contribution < 1.29 is 19.7 Å². The summed E-state index contributed by atoms with van der Waals surface area (Å²) in [5.74, 6) is 3.13. The molecular formula is C23H28ClN3O4S. The molecule has 0 atom stereocenters. The third-order valence-corrected chi connectivity index (χ3v) is 6.92. The van der Waals surface area contributed by atoms with Crippen LogP contribution in [0.2, 0.25) is 5.02 Å². The van der Waals surface area contributed by atoms with Gasteiger partial charge in [0.15, 0.2) is 0 Å². The first-order valence-electron chi connectivity index (χ1n) is 10.7. The number of hydrogen-bond donors (Lipinski definition) is 3. The Bertz CT molecular complexity index is 1060. The molecule has 4 rings (SSSR count). The Morgan fingerprint density at radius 3 is 2.56 bits per heavy atom. The van der Waals surface area contributed by atoms with Gasteiger partial charge in [-0.25, -0.2) is 14.8 Å². The Morgan fingerprint density at radius 2 is 1.94 bits per heavy atom. The van der Waals surface area contributed by atoms with Crippen molar-refractivity contribution >= 4 is 45.1 Å². The Balaban J connectivity index is 0.000000668. The van der Waals surface area contributed by atoms with E-state index >= 15 is 0 Å². The van der Waals surface area contributed by atoms with Crippen molar-refractivity contribution in [2.24, 2.45) is 0 Å². The number of nitrogens with one attached hydrogen (secondary N) is 1. The number of aryl methyl sites for hydroxylation is 1. The lowest BCUT2D eigenvalue weighted by Crippen LogP contribution is -2.11. The van der Waals surface area contributed by atoms with Gasteiger partial charge < -0.3 is 20.3 Å². The van der Waals surface area contributed by atoms with Crippen molar-refractivity contribution in [1.29, 1.82) is 0 Å². The molecule has 0 amide bonds. The quantitative estimate of drug-likeness (QED) is 0.358. The lowest BCUT2D eigenvalue weighted by Gasteiger charge is -2.21. The van der Waals surface area contributed by atoms with Gasteiger partial charge in [-0.1, -0.05) is 43.9 Å². The van der Waals surface area contributed by atoms with Gasteiger partial charge in [0.25, 0.3) is 0 Å². The number of methoxy groups -OCH3 is 1. The summed E-state index contributed by atoms with van der Waals surface area (Å²) in [4.78, 5) is 20.9. The summed E-state index contributed by atoms with van der Waals surface area (Å²) in [5, 5.41) is 19.2. The summed E-state index contributed by atoms with van der Waals surface area (Å²) in [5.41, 5.74) is 1.10. The van der Waals surface area contributed by atoms with E-state index in [1.807, 2.05) is 18.2 Å². The average molecular weight is 478 g/mol. The molecule has 1 aliphatic rings. The number of benzene rings is 1. The smallest absolute Gasteiger partial charge is 0.495 e. The molecule has 7 nitrogen and oxygen atoms in total. The highest BCUT2D eigenvalue weighted by atomic mass is 35.5. The number of nitrogens with zero attached hydrogens (tertiary/aromatic N) is 2. The fourth-order valence-electron chi connectivity index (χ4n) is 3.85. The van der Waals surface area contributed by atoms with Crippen molar-refractivity contribution in [1.82, 2.24) is 9.97 Å². The van der Waals surface area contributed by atoms with Crippen LogP contribution in [0.4, 0.5) is 10.6 Å². The highest BCUT2D eigenvalue weighted by Gasteiger charge is 2.21. The van der Waals surface area contributed by atoms with E-state index in [1.165, 1.54) is 37.0 Å². The van der Waals surface area contributed by atoms with Crippen molar-refractivity contribution in [3.05, 3.63) is 45.6 Å². The largest absolute Gasteiger partial charge is 0.503 e. The molecule has 9 heteroatoms. The molecule has 0 saturated heterocycles. The molecule has 1 aromatic carbocycles. The zero-order valence-corrected chi connectivity index (χ0v) is 19.8. The zero-order valence-electron chi connectivity index (χ0n) is 18.2. The van der Waals surface area contributed by atoms with Gasteiger partial charge >= 0.3 is 6.16 Å². The number of aromatic nitrogens is 2. The van der Waals surface area contributed by atoms with Crippen LogP contribution in [-0.2, 0) is 13.0 Å². The van der Waals surface area contributed by atoms with E-state index in [0.29, 0.717) is 23.2 Å². The zero-order chi connectivity index (χ0) is 23.1. The van der Waals surface area contributed by atoms with Crippen LogP contribution in [-0.4, -0.2) is 33.4 Å². The number of fused-ring (bicyclic) bond motifs is 1. The molecule has 3 N–H and O–H groups in total. The highest BCUT2D eigenvalue weighted by molar-refractivity contribution is 7.18. The van der Waals surface area contributed by atoms with Crippen molar-refractivity contribution in [2.45, 2.75) is 57.9 Å². The van der Waals surface area contributed by atoms with Crippen LogP contribution in [0.1, 0.15) is 61.2 Å². The van der Waals surface area contributed by atoms with Gasteiger partial charge in [-0.15, -0.1) is 11.3 Å². The molecular weight excluding hydrogens is 450 g/mol. The lowest BCUT2D eigenvalue weighted by molar-refractivity contribution is 0.137. The number of ether oxygens (including phenoxy) is 1. The first-order valence-corrected chi connectivity index (χ1v) is 11.9. The number of anilines is 1. The van der Waals surface area contributed by atoms with Crippen LogP contribution < -0.4 is 10.1 Å². The molecule has 1 saturated carbocycles. The molecule has 32 heavy (non-hydrogen) atoms. The number of carbonyl (C=O) groups is 1. The summed E-state index contributed by atoms with van der Waals surface area (Å²) in [6.45, 7) is 2.85. The van der Waals surface area contributed by atoms with Gasteiger partial charge in [-0.05, 0) is 43.0 Å². The second-order valence-corrected chi connectivity index (χ2v) is 9.18. The van der Waals surface area contributed by atoms with Gasteiger partial charge in [-0.2, -0.15) is 0 Å². The molecule has 1 aliphatic carbocycles. The maximum absolute atomic E-state index is 8.56. The van der Waals surface area contributed by atoms with Crippen molar-refractivity contribution in [3.8, 4) is 5.75 Å². The van der Waals surface area contributed by atoms with E-state index in [2.05, 4.69) is 18.3 Å². The molecule has 1 fully saturated rings. The standard InChI is InChI=1S/C22H26ClN3OS.CH2O3/c1-3-16-12-17-21(24-13-14-9-10-19(27-2)18(23)11-14)25-20(26-22(17)28-16)15-7-5-4-6-8-15;2-1(3)4/h9-12,15H,3-8,13H2,1-2H3,(H,24,25,26);(H2,2,3,4). The van der Waals surface area contributed by atoms with E-state index in [1.54, 1.807) is 18.4 Å². The fraction of sp³-hybridized carbons (Fsp3) is 0.435. The highest BCUT2D eigenvalue weighted by Crippen LogP contribution is 2.35. The normalized spacial score (nSPS) is 14.0. The van der Waals surface area contributed by atoms with E-state index in [-0.39, 0.29) is 0 Å². The molecule has 2 heterocycles. The Labute approximate surface area is 196 Å². The van der Waals surface area contributed by atoms with Gasteiger partial charge in [0, 0.05) is 17.3 Å². The van der Waals surface area contributed by atoms with Gasteiger partial charge in [0.05, 0.1) is 17.5 Å². The monoisotopic (exact) mass is 477 g/mol. The molecule has 0 radical (unpaired) electrons. The van der Waals surface area contributed by atoms with E-state index < -0.39 is 6.16 Å². The second kappa shape index (κ2) is 11.3. The summed E-state index contributed by atoms with van der Waals surface area (Å²) >= 11 is 8.07. The Kier molecular flexibility index (Phi) is 8.53. The minimum absolute atomic E-state index is 0.487. The number of rotatable bonds is 6. The molecule has 0 spiro atoms. The number of thiophene rings is 1. The van der Waals surface area contributed by atoms with Crippen LogP contribution in [0.3, 0.4) is 0 Å². The number of carboxylic acid groups (broad SMARTS) is 2. The van der Waals surface area contributed by atoms with E-state index in [4.69, 9.17) is 41.3 Å². The fourth-order valence-corrected chi connectivity index (χ4v) is 5.10. The van der Waals surface area contributed by atoms with Crippen LogP contribution >= 0.6 is 22.9 Å².